The molecule has 0 saturated carbocycles. The van der Waals surface area contributed by atoms with Gasteiger partial charge in [-0.1, -0.05) is 41.4 Å². The first-order valence-electron chi connectivity index (χ1n) is 7.61. The van der Waals surface area contributed by atoms with E-state index < -0.39 is 5.91 Å². The Morgan fingerprint density at radius 1 is 1.30 bits per heavy atom. The quantitative estimate of drug-likeness (QED) is 0.523. The molecule has 0 aliphatic carbocycles. The Balaban J connectivity index is 1.63. The highest BCUT2D eigenvalue weighted by atomic mass is 35.5. The molecule has 1 heterocycles. The molecule has 0 aliphatic heterocycles. The summed E-state index contributed by atoms with van der Waals surface area (Å²) in [5.74, 6) is -0.190. The van der Waals surface area contributed by atoms with E-state index in [4.69, 9.17) is 28.5 Å². The lowest BCUT2D eigenvalue weighted by atomic mass is 10.1. The van der Waals surface area contributed by atoms with E-state index in [2.05, 4.69) is 32.0 Å². The van der Waals surface area contributed by atoms with Gasteiger partial charge in [-0.25, -0.2) is 5.43 Å². The summed E-state index contributed by atoms with van der Waals surface area (Å²) in [4.78, 5) is 13.1. The molecular weight excluding hydrogens is 389 g/mol. The van der Waals surface area contributed by atoms with Gasteiger partial charge in [-0.15, -0.1) is 10.2 Å². The van der Waals surface area contributed by atoms with Crippen LogP contribution in [0.15, 0.2) is 47.6 Å². The number of tetrazole rings is 1. The number of nitrogens with one attached hydrogen (secondary N) is 1. The zero-order valence-corrected chi connectivity index (χ0v) is 15.2. The van der Waals surface area contributed by atoms with Gasteiger partial charge in [0, 0.05) is 16.1 Å². The smallest absolute Gasteiger partial charge is 0.263 e. The van der Waals surface area contributed by atoms with Crippen molar-refractivity contribution in [2.24, 2.45) is 5.10 Å². The molecule has 0 bridgehead atoms. The van der Waals surface area contributed by atoms with Crippen molar-refractivity contribution in [1.82, 2.24) is 25.6 Å². The number of hydrogen-bond acceptors (Lipinski definition) is 6. The van der Waals surface area contributed by atoms with Crippen LogP contribution in [0.4, 0.5) is 0 Å². The number of amides is 1. The lowest BCUT2D eigenvalue weighted by Gasteiger charge is -2.00. The average molecular weight is 400 g/mol. The number of rotatable bonds is 5. The molecule has 0 aliphatic rings. The first-order chi connectivity index (χ1) is 13.1. The van der Waals surface area contributed by atoms with Crippen LogP contribution in [0.25, 0.3) is 11.4 Å². The van der Waals surface area contributed by atoms with Crippen LogP contribution in [0.1, 0.15) is 11.1 Å². The molecule has 0 atom stereocenters. The van der Waals surface area contributed by atoms with Gasteiger partial charge in [-0.2, -0.15) is 15.2 Å². The van der Waals surface area contributed by atoms with Crippen molar-refractivity contribution in [2.45, 2.75) is 6.54 Å². The number of carbonyl (C=O) groups excluding carboxylic acids is 1. The van der Waals surface area contributed by atoms with Crippen LogP contribution in [-0.2, 0) is 11.3 Å². The van der Waals surface area contributed by atoms with E-state index >= 15 is 0 Å². The van der Waals surface area contributed by atoms with Gasteiger partial charge in [0.05, 0.1) is 22.9 Å². The second-order valence-electron chi connectivity index (χ2n) is 5.26. The summed E-state index contributed by atoms with van der Waals surface area (Å²) in [6.45, 7) is -0.187. The summed E-state index contributed by atoms with van der Waals surface area (Å²) in [5, 5.41) is 25.7. The third-order valence-electron chi connectivity index (χ3n) is 3.38. The number of carbonyl (C=O) groups is 1. The van der Waals surface area contributed by atoms with Gasteiger partial charge in [0.2, 0.25) is 5.82 Å². The van der Waals surface area contributed by atoms with Crippen LogP contribution < -0.4 is 5.43 Å². The maximum atomic E-state index is 12.0. The van der Waals surface area contributed by atoms with Gasteiger partial charge in [0.25, 0.3) is 5.91 Å². The first kappa shape index (κ1) is 18.5. The Morgan fingerprint density at radius 2 is 2.11 bits per heavy atom. The number of halogens is 2. The molecule has 1 amide bonds. The highest BCUT2D eigenvalue weighted by Gasteiger charge is 2.12. The Hall–Kier alpha value is -3.28. The maximum Gasteiger partial charge on any atom is 0.263 e. The van der Waals surface area contributed by atoms with Crippen molar-refractivity contribution >= 4 is 35.3 Å². The van der Waals surface area contributed by atoms with Crippen molar-refractivity contribution in [1.29, 1.82) is 5.26 Å². The van der Waals surface area contributed by atoms with Crippen molar-refractivity contribution < 1.29 is 4.79 Å². The Kier molecular flexibility index (Phi) is 5.76. The van der Waals surface area contributed by atoms with Gasteiger partial charge < -0.3 is 0 Å². The van der Waals surface area contributed by atoms with Crippen LogP contribution in [0, 0.1) is 11.3 Å². The molecule has 134 valence electrons. The topological polar surface area (TPSA) is 109 Å². The lowest BCUT2D eigenvalue weighted by Crippen LogP contribution is -2.24. The van der Waals surface area contributed by atoms with E-state index in [9.17, 15) is 4.79 Å². The van der Waals surface area contributed by atoms with Crippen LogP contribution in [-0.4, -0.2) is 32.3 Å². The van der Waals surface area contributed by atoms with E-state index in [-0.39, 0.29) is 12.4 Å². The van der Waals surface area contributed by atoms with Crippen LogP contribution in [0.3, 0.4) is 0 Å². The molecular formula is C17H11Cl2N7O. The van der Waals surface area contributed by atoms with Crippen molar-refractivity contribution in [3.8, 4) is 17.5 Å². The molecule has 0 saturated heterocycles. The minimum Gasteiger partial charge on any atom is -0.271 e. The Bertz CT molecular complexity index is 1060. The van der Waals surface area contributed by atoms with E-state index in [0.29, 0.717) is 26.7 Å². The average Bonchev–Trinajstić information content (AvgIpc) is 3.11. The Labute approximate surface area is 164 Å². The predicted octanol–water partition coefficient (Wildman–Crippen LogP) is 2.67. The van der Waals surface area contributed by atoms with Crippen LogP contribution in [0.5, 0.6) is 0 Å². The fourth-order valence-corrected chi connectivity index (χ4v) is 2.59. The zero-order valence-electron chi connectivity index (χ0n) is 13.7. The molecule has 2 aromatic carbocycles. The standard InChI is InChI=1S/C17H11Cl2N7O/c18-13-6-5-12(15(19)7-13)9-21-22-16(27)10-26-24-17(23-25-26)14-4-2-1-3-11(14)8-20/h1-7,9H,10H2,(H,22,27)/b21-9-. The first-order valence-corrected chi connectivity index (χ1v) is 8.36. The van der Waals surface area contributed by atoms with E-state index in [1.807, 2.05) is 0 Å². The normalized spacial score (nSPS) is 10.7. The molecule has 0 spiro atoms. The highest BCUT2D eigenvalue weighted by molar-refractivity contribution is 6.36. The van der Waals surface area contributed by atoms with E-state index in [1.165, 1.54) is 6.21 Å². The lowest BCUT2D eigenvalue weighted by molar-refractivity contribution is -0.122. The van der Waals surface area contributed by atoms with Crippen molar-refractivity contribution in [3.05, 3.63) is 63.6 Å². The summed E-state index contributed by atoms with van der Waals surface area (Å²) in [7, 11) is 0. The van der Waals surface area contributed by atoms with E-state index in [1.54, 1.807) is 42.5 Å². The number of nitriles is 1. The van der Waals surface area contributed by atoms with Crippen LogP contribution >= 0.6 is 23.2 Å². The third kappa shape index (κ3) is 4.67. The predicted molar refractivity (Wildman–Crippen MR) is 100 cm³/mol. The van der Waals surface area contributed by atoms with Gasteiger partial charge in [0.1, 0.15) is 6.54 Å². The zero-order chi connectivity index (χ0) is 19.2. The van der Waals surface area contributed by atoms with Gasteiger partial charge >= 0.3 is 0 Å². The van der Waals surface area contributed by atoms with Gasteiger partial charge in [-0.3, -0.25) is 4.79 Å². The summed E-state index contributed by atoms with van der Waals surface area (Å²) in [6, 6.07) is 13.8. The molecule has 27 heavy (non-hydrogen) atoms. The maximum absolute atomic E-state index is 12.0. The molecule has 1 aromatic heterocycles. The SMILES string of the molecule is N#Cc1ccccc1-c1nnn(CC(=O)N/N=C\c2ccc(Cl)cc2Cl)n1. The number of benzene rings is 2. The summed E-state index contributed by atoms with van der Waals surface area (Å²) in [5.41, 5.74) is 3.92. The number of hydrazone groups is 1. The van der Waals surface area contributed by atoms with Crippen LogP contribution in [0.2, 0.25) is 10.0 Å². The minimum absolute atomic E-state index is 0.187. The summed E-state index contributed by atoms with van der Waals surface area (Å²) < 4.78 is 0. The monoisotopic (exact) mass is 399 g/mol. The molecule has 3 aromatic rings. The second kappa shape index (κ2) is 8.40. The van der Waals surface area contributed by atoms with E-state index in [0.717, 1.165) is 4.80 Å². The molecule has 0 fully saturated rings. The molecule has 8 nitrogen and oxygen atoms in total. The molecule has 0 radical (unpaired) electrons. The molecule has 1 N–H and O–H groups in total. The largest absolute Gasteiger partial charge is 0.271 e. The van der Waals surface area contributed by atoms with Gasteiger partial charge in [0.15, 0.2) is 0 Å². The van der Waals surface area contributed by atoms with Gasteiger partial charge in [-0.05, 0) is 29.5 Å². The number of aromatic nitrogens is 4. The van der Waals surface area contributed by atoms with Crippen molar-refractivity contribution in [2.75, 3.05) is 0 Å². The molecule has 10 heteroatoms. The number of nitrogens with zero attached hydrogens (tertiary/aromatic N) is 6. The molecule has 3 rings (SSSR count). The minimum atomic E-state index is -0.450. The third-order valence-corrected chi connectivity index (χ3v) is 3.94. The number of hydrogen-bond donors (Lipinski definition) is 1. The fraction of sp³-hybridized carbons (Fsp3) is 0.0588. The fourth-order valence-electron chi connectivity index (χ4n) is 2.14. The molecule has 0 unspecified atom stereocenters. The van der Waals surface area contributed by atoms with Crippen molar-refractivity contribution in [3.63, 3.8) is 0 Å². The summed E-state index contributed by atoms with van der Waals surface area (Å²) in [6.07, 6.45) is 1.40. The highest BCUT2D eigenvalue weighted by Crippen LogP contribution is 2.19. The Morgan fingerprint density at radius 3 is 2.89 bits per heavy atom. The second-order valence-corrected chi connectivity index (χ2v) is 6.10. The summed E-state index contributed by atoms with van der Waals surface area (Å²) >= 11 is 11.8.